The highest BCUT2D eigenvalue weighted by Gasteiger charge is 2.27. The molecule has 10 nitrogen and oxygen atoms in total. The lowest BCUT2D eigenvalue weighted by Gasteiger charge is -2.35. The molecule has 1 aliphatic heterocycles. The van der Waals surface area contributed by atoms with E-state index in [1.165, 1.54) is 6.20 Å². The third kappa shape index (κ3) is 6.84. The van der Waals surface area contributed by atoms with Gasteiger partial charge in [0.2, 0.25) is 10.0 Å². The van der Waals surface area contributed by atoms with Crippen molar-refractivity contribution in [2.75, 3.05) is 38.5 Å². The maximum absolute atomic E-state index is 12.5. The molecule has 1 fully saturated rings. The number of aromatic nitrogens is 2. The first-order valence-electron chi connectivity index (χ1n) is 12.0. The van der Waals surface area contributed by atoms with E-state index in [1.54, 1.807) is 35.1 Å². The van der Waals surface area contributed by atoms with Crippen LogP contribution in [0.25, 0.3) is 11.1 Å². The van der Waals surface area contributed by atoms with Crippen LogP contribution in [0.3, 0.4) is 0 Å². The standard InChI is InChI=1S/C25H36N6O4S/c1-18(2)16-36(33,34)30-9-7-29(8-10-30)20(4)27-13-19(3)23-11-22(35-17-25(5,6)32)15-31-24(23)21(12-26)14-28-31/h11,13-15,18,32H,7-10,16-17H2,1-6H3/b19-13+,27-20?. The number of nitrogens with zero attached hydrogens (tertiary/aromatic N) is 6. The van der Waals surface area contributed by atoms with Gasteiger partial charge in [0, 0.05) is 37.9 Å². The van der Waals surface area contributed by atoms with Gasteiger partial charge in [-0.1, -0.05) is 13.8 Å². The third-order valence-corrected chi connectivity index (χ3v) is 8.04. The molecule has 0 aliphatic carbocycles. The SMILES string of the molecule is CC(=N/C=C(\C)c1cc(OCC(C)(C)O)cn2ncc(C#N)c12)N1CCN(S(=O)(=O)CC(C)C)CC1. The van der Waals surface area contributed by atoms with Crippen LogP contribution in [-0.2, 0) is 10.0 Å². The summed E-state index contributed by atoms with van der Waals surface area (Å²) in [5, 5.41) is 23.9. The Morgan fingerprint density at radius 3 is 2.56 bits per heavy atom. The summed E-state index contributed by atoms with van der Waals surface area (Å²) in [6.07, 6.45) is 4.92. The van der Waals surface area contributed by atoms with Gasteiger partial charge in [0.25, 0.3) is 0 Å². The largest absolute Gasteiger partial charge is 0.489 e. The van der Waals surface area contributed by atoms with E-state index in [9.17, 15) is 18.8 Å². The Balaban J connectivity index is 1.81. The zero-order valence-corrected chi connectivity index (χ0v) is 22.7. The van der Waals surface area contributed by atoms with Crippen LogP contribution >= 0.6 is 0 Å². The fraction of sp³-hybridized carbons (Fsp3) is 0.560. The average Bonchev–Trinajstić information content (AvgIpc) is 3.22. The lowest BCUT2D eigenvalue weighted by Crippen LogP contribution is -2.50. The monoisotopic (exact) mass is 516 g/mol. The molecule has 1 N–H and O–H groups in total. The lowest BCUT2D eigenvalue weighted by atomic mass is 10.1. The fourth-order valence-electron chi connectivity index (χ4n) is 3.98. The highest BCUT2D eigenvalue weighted by Crippen LogP contribution is 2.28. The van der Waals surface area contributed by atoms with Gasteiger partial charge in [0.15, 0.2) is 0 Å². The molecule has 0 aromatic carbocycles. The molecule has 196 valence electrons. The first-order chi connectivity index (χ1) is 16.8. The smallest absolute Gasteiger partial charge is 0.214 e. The van der Waals surface area contributed by atoms with E-state index in [2.05, 4.69) is 21.1 Å². The fourth-order valence-corrected chi connectivity index (χ4v) is 5.75. The van der Waals surface area contributed by atoms with E-state index in [-0.39, 0.29) is 18.3 Å². The van der Waals surface area contributed by atoms with Crippen molar-refractivity contribution in [3.05, 3.63) is 35.8 Å². The number of aliphatic hydroxyl groups is 1. The van der Waals surface area contributed by atoms with E-state index >= 15 is 0 Å². The molecule has 36 heavy (non-hydrogen) atoms. The Bertz CT molecular complexity index is 1290. The van der Waals surface area contributed by atoms with Gasteiger partial charge in [0.05, 0.1) is 34.8 Å². The van der Waals surface area contributed by atoms with Gasteiger partial charge in [0.1, 0.15) is 24.3 Å². The number of sulfonamides is 1. The summed E-state index contributed by atoms with van der Waals surface area (Å²) < 4.78 is 34.0. The molecule has 2 aromatic rings. The van der Waals surface area contributed by atoms with Crippen LogP contribution in [-0.4, -0.2) is 82.3 Å². The first kappa shape index (κ1) is 27.6. The Hall–Kier alpha value is -2.94. The van der Waals surface area contributed by atoms with Gasteiger partial charge in [-0.15, -0.1) is 0 Å². The minimum Gasteiger partial charge on any atom is -0.489 e. The number of hydrogen-bond donors (Lipinski definition) is 1. The molecule has 1 saturated heterocycles. The maximum atomic E-state index is 12.5. The predicted molar refractivity (Wildman–Crippen MR) is 140 cm³/mol. The van der Waals surface area contributed by atoms with Crippen molar-refractivity contribution >= 4 is 26.9 Å². The van der Waals surface area contributed by atoms with Crippen LogP contribution in [0.5, 0.6) is 5.75 Å². The Morgan fingerprint density at radius 1 is 1.31 bits per heavy atom. The number of allylic oxidation sites excluding steroid dienone is 1. The van der Waals surface area contributed by atoms with Gasteiger partial charge >= 0.3 is 0 Å². The van der Waals surface area contributed by atoms with Crippen LogP contribution in [0.4, 0.5) is 0 Å². The van der Waals surface area contributed by atoms with E-state index in [0.717, 1.165) is 17.0 Å². The highest BCUT2D eigenvalue weighted by atomic mass is 32.2. The third-order valence-electron chi connectivity index (χ3n) is 5.80. The molecule has 0 unspecified atom stereocenters. The van der Waals surface area contributed by atoms with Crippen molar-refractivity contribution in [1.29, 1.82) is 5.26 Å². The molecule has 0 saturated carbocycles. The molecular formula is C25H36N6O4S. The second-order valence-corrected chi connectivity index (χ2v) is 12.2. The summed E-state index contributed by atoms with van der Waals surface area (Å²) in [4.78, 5) is 6.71. The predicted octanol–water partition coefficient (Wildman–Crippen LogP) is 2.74. The molecule has 0 radical (unpaired) electrons. The van der Waals surface area contributed by atoms with Crippen molar-refractivity contribution in [2.24, 2.45) is 10.9 Å². The number of nitriles is 1. The minimum atomic E-state index is -3.24. The van der Waals surface area contributed by atoms with Crippen molar-refractivity contribution in [2.45, 2.75) is 47.1 Å². The van der Waals surface area contributed by atoms with Crippen molar-refractivity contribution < 1.29 is 18.3 Å². The van der Waals surface area contributed by atoms with E-state index in [1.807, 2.05) is 33.8 Å². The molecule has 3 heterocycles. The molecule has 0 spiro atoms. The van der Waals surface area contributed by atoms with Crippen LogP contribution in [0.1, 0.15) is 52.7 Å². The maximum Gasteiger partial charge on any atom is 0.214 e. The summed E-state index contributed by atoms with van der Waals surface area (Å²) in [6, 6.07) is 3.99. The Labute approximate surface area is 213 Å². The summed E-state index contributed by atoms with van der Waals surface area (Å²) in [5.41, 5.74) is 1.65. The molecule has 0 bridgehead atoms. The molecule has 3 rings (SSSR count). The van der Waals surface area contributed by atoms with Crippen molar-refractivity contribution in [3.63, 3.8) is 0 Å². The van der Waals surface area contributed by atoms with Crippen molar-refractivity contribution in [3.8, 4) is 11.8 Å². The molecule has 0 atom stereocenters. The van der Waals surface area contributed by atoms with E-state index in [4.69, 9.17) is 4.74 Å². The lowest BCUT2D eigenvalue weighted by molar-refractivity contribution is 0.0283. The summed E-state index contributed by atoms with van der Waals surface area (Å²) in [5.74, 6) is 1.55. The number of fused-ring (bicyclic) bond motifs is 1. The van der Waals surface area contributed by atoms with Gasteiger partial charge < -0.3 is 14.7 Å². The normalized spacial score (nSPS) is 16.6. The number of amidine groups is 1. The summed E-state index contributed by atoms with van der Waals surface area (Å²) >= 11 is 0. The number of pyridine rings is 1. The van der Waals surface area contributed by atoms with Gasteiger partial charge in [-0.2, -0.15) is 14.7 Å². The summed E-state index contributed by atoms with van der Waals surface area (Å²) in [7, 11) is -3.24. The van der Waals surface area contributed by atoms with Gasteiger partial charge in [-0.05, 0) is 45.3 Å². The first-order valence-corrected chi connectivity index (χ1v) is 13.6. The molecular weight excluding hydrogens is 480 g/mol. The zero-order chi connectivity index (χ0) is 26.7. The molecule has 2 aromatic heterocycles. The molecule has 11 heteroatoms. The van der Waals surface area contributed by atoms with Gasteiger partial charge in [-0.25, -0.2) is 17.9 Å². The minimum absolute atomic E-state index is 0.0901. The second-order valence-electron chi connectivity index (χ2n) is 10.2. The topological polar surface area (TPSA) is 124 Å². The Morgan fingerprint density at radius 2 is 1.97 bits per heavy atom. The zero-order valence-electron chi connectivity index (χ0n) is 21.9. The highest BCUT2D eigenvalue weighted by molar-refractivity contribution is 7.89. The number of ether oxygens (including phenoxy) is 1. The van der Waals surface area contributed by atoms with Crippen molar-refractivity contribution in [1.82, 2.24) is 18.8 Å². The van der Waals surface area contributed by atoms with E-state index in [0.29, 0.717) is 43.0 Å². The number of aliphatic imine (C=N–C) groups is 1. The van der Waals surface area contributed by atoms with Crippen LogP contribution in [0.2, 0.25) is 0 Å². The van der Waals surface area contributed by atoms with E-state index < -0.39 is 15.6 Å². The van der Waals surface area contributed by atoms with Gasteiger partial charge in [-0.3, -0.25) is 0 Å². The number of rotatable bonds is 8. The van der Waals surface area contributed by atoms with Crippen LogP contribution in [0, 0.1) is 17.2 Å². The second kappa shape index (κ2) is 11.0. The Kier molecular flexibility index (Phi) is 8.44. The summed E-state index contributed by atoms with van der Waals surface area (Å²) in [6.45, 7) is 13.1. The molecule has 0 amide bonds. The quantitative estimate of drug-likeness (QED) is 0.423. The number of piperazine rings is 1. The average molecular weight is 517 g/mol. The number of hydrogen-bond acceptors (Lipinski definition) is 7. The van der Waals surface area contributed by atoms with Crippen LogP contribution in [0.15, 0.2) is 29.7 Å². The molecule has 1 aliphatic rings. The van der Waals surface area contributed by atoms with Crippen LogP contribution < -0.4 is 4.74 Å².